The van der Waals surface area contributed by atoms with Crippen LogP contribution < -0.4 is 0 Å². The summed E-state index contributed by atoms with van der Waals surface area (Å²) in [5.74, 6) is 4.63. The maximum atomic E-state index is 12.8. The van der Waals surface area contributed by atoms with Gasteiger partial charge in [-0.3, -0.25) is 4.79 Å². The van der Waals surface area contributed by atoms with Gasteiger partial charge >= 0.3 is 5.97 Å². The van der Waals surface area contributed by atoms with Crippen LogP contribution in [0.15, 0.2) is 11.6 Å². The van der Waals surface area contributed by atoms with Crippen LogP contribution in [-0.4, -0.2) is 18.0 Å². The molecule has 0 aromatic rings. The topological polar surface area (TPSA) is 26.3 Å². The molecule has 34 heavy (non-hydrogen) atoms. The summed E-state index contributed by atoms with van der Waals surface area (Å²) in [4.78, 5) is 12.8. The lowest BCUT2D eigenvalue weighted by atomic mass is 9.47. The smallest absolute Gasteiger partial charge is 0.306 e. The molecule has 2 nitrogen and oxygen atoms in total. The van der Waals surface area contributed by atoms with E-state index >= 15 is 0 Å². The molecule has 4 aliphatic rings. The van der Waals surface area contributed by atoms with Gasteiger partial charge in [-0.1, -0.05) is 72.0 Å². The number of hydrogen-bond donors (Lipinski definition) is 0. The zero-order chi connectivity index (χ0) is 24.5. The van der Waals surface area contributed by atoms with Crippen molar-refractivity contribution in [1.29, 1.82) is 0 Å². The van der Waals surface area contributed by atoms with Crippen molar-refractivity contribution in [3.05, 3.63) is 11.6 Å². The van der Waals surface area contributed by atoms with Crippen molar-refractivity contribution >= 4 is 17.6 Å². The quantitative estimate of drug-likeness (QED) is 0.183. The van der Waals surface area contributed by atoms with Gasteiger partial charge in [-0.25, -0.2) is 0 Å². The van der Waals surface area contributed by atoms with E-state index in [9.17, 15) is 4.79 Å². The number of halogens is 1. The molecule has 0 aromatic heterocycles. The molecule has 4 rings (SSSR count). The van der Waals surface area contributed by atoms with E-state index in [0.29, 0.717) is 46.8 Å². The minimum Gasteiger partial charge on any atom is -0.462 e. The summed E-state index contributed by atoms with van der Waals surface area (Å²) in [5.41, 5.74) is 2.44. The SMILES string of the molecule is CC(C)CCC[C@@H](C)[C@H]1C[C@H](OC(=O)CCCCl)[C@@H]2[C@@H]3CC=C4CCCC[C@@]4(C)[C@H]3CC[C@]21C. The van der Waals surface area contributed by atoms with Crippen LogP contribution in [0.3, 0.4) is 0 Å². The van der Waals surface area contributed by atoms with Crippen molar-refractivity contribution in [2.75, 3.05) is 5.88 Å². The molecule has 3 saturated carbocycles. The second-order valence-corrected chi connectivity index (χ2v) is 13.8. The van der Waals surface area contributed by atoms with E-state index in [0.717, 1.165) is 24.7 Å². The monoisotopic (exact) mass is 490 g/mol. The summed E-state index contributed by atoms with van der Waals surface area (Å²) < 4.78 is 6.37. The molecule has 0 spiro atoms. The van der Waals surface area contributed by atoms with Crippen molar-refractivity contribution < 1.29 is 9.53 Å². The van der Waals surface area contributed by atoms with Gasteiger partial charge in [0.05, 0.1) is 0 Å². The molecule has 0 radical (unpaired) electrons. The van der Waals surface area contributed by atoms with Crippen LogP contribution in [0.25, 0.3) is 0 Å². The largest absolute Gasteiger partial charge is 0.462 e. The molecule has 0 amide bonds. The highest BCUT2D eigenvalue weighted by Crippen LogP contribution is 2.67. The number of esters is 1. The number of hydrogen-bond acceptors (Lipinski definition) is 2. The molecule has 0 heterocycles. The van der Waals surface area contributed by atoms with Crippen LogP contribution in [-0.2, 0) is 9.53 Å². The maximum Gasteiger partial charge on any atom is 0.306 e. The molecular formula is C31H51ClO2. The first-order valence-electron chi connectivity index (χ1n) is 14.7. The molecule has 194 valence electrons. The molecule has 8 atom stereocenters. The molecule has 0 aromatic carbocycles. The predicted octanol–water partition coefficient (Wildman–Crippen LogP) is 8.96. The van der Waals surface area contributed by atoms with Gasteiger partial charge in [-0.05, 0) is 91.8 Å². The van der Waals surface area contributed by atoms with Crippen molar-refractivity contribution in [2.24, 2.45) is 46.3 Å². The number of carbonyl (C=O) groups excluding carboxylic acids is 1. The van der Waals surface area contributed by atoms with E-state index in [1.54, 1.807) is 5.57 Å². The Labute approximate surface area is 215 Å². The third kappa shape index (κ3) is 5.01. The van der Waals surface area contributed by atoms with Crippen LogP contribution in [0.5, 0.6) is 0 Å². The van der Waals surface area contributed by atoms with Crippen LogP contribution >= 0.6 is 11.6 Å². The molecule has 0 N–H and O–H groups in total. The summed E-state index contributed by atoms with van der Waals surface area (Å²) in [6.07, 6.45) is 18.3. The Balaban J connectivity index is 1.59. The van der Waals surface area contributed by atoms with Crippen LogP contribution in [0, 0.1) is 46.3 Å². The molecule has 3 fully saturated rings. The summed E-state index contributed by atoms with van der Waals surface area (Å²) in [5, 5.41) is 0. The summed E-state index contributed by atoms with van der Waals surface area (Å²) in [6.45, 7) is 12.3. The minimum absolute atomic E-state index is 0.0147. The number of allylic oxidation sites excluding steroid dienone is 2. The molecule has 0 bridgehead atoms. The van der Waals surface area contributed by atoms with Crippen molar-refractivity contribution in [1.82, 2.24) is 0 Å². The molecular weight excluding hydrogens is 440 g/mol. The Bertz CT molecular complexity index is 744. The van der Waals surface area contributed by atoms with E-state index in [1.807, 2.05) is 0 Å². The Morgan fingerprint density at radius 3 is 2.68 bits per heavy atom. The van der Waals surface area contributed by atoms with Gasteiger partial charge in [0.2, 0.25) is 0 Å². The van der Waals surface area contributed by atoms with Gasteiger partial charge in [0, 0.05) is 18.2 Å². The Morgan fingerprint density at radius 2 is 1.94 bits per heavy atom. The number of rotatable bonds is 9. The second-order valence-electron chi connectivity index (χ2n) is 13.4. The van der Waals surface area contributed by atoms with Crippen LogP contribution in [0.4, 0.5) is 0 Å². The Hall–Kier alpha value is -0.500. The summed E-state index contributed by atoms with van der Waals surface area (Å²) >= 11 is 5.89. The normalized spacial score (nSPS) is 40.2. The van der Waals surface area contributed by atoms with E-state index in [1.165, 1.54) is 64.2 Å². The summed E-state index contributed by atoms with van der Waals surface area (Å²) in [6, 6.07) is 0. The molecule has 0 unspecified atom stereocenters. The van der Waals surface area contributed by atoms with Gasteiger partial charge in [0.15, 0.2) is 0 Å². The highest BCUT2D eigenvalue weighted by Gasteiger charge is 2.62. The highest BCUT2D eigenvalue weighted by molar-refractivity contribution is 6.17. The van der Waals surface area contributed by atoms with Crippen LogP contribution in [0.2, 0.25) is 0 Å². The van der Waals surface area contributed by atoms with E-state index in [4.69, 9.17) is 16.3 Å². The number of fused-ring (bicyclic) bond motifs is 5. The zero-order valence-corrected chi connectivity index (χ0v) is 23.5. The van der Waals surface area contributed by atoms with Gasteiger partial charge in [0.1, 0.15) is 6.10 Å². The first kappa shape index (κ1) is 26.6. The molecule has 4 aliphatic carbocycles. The number of alkyl halides is 1. The number of carbonyl (C=O) groups is 1. The standard InChI is InChI=1S/C31H51ClO2/c1-21(2)10-8-11-22(3)26-20-27(34-28(33)13-9-19-32)29-24-15-14-23-12-6-7-17-30(23,4)25(24)16-18-31(26,29)5/h14,21-22,24-27,29H,6-13,15-20H2,1-5H3/t22-,24-,25+,26-,27+,29+,30-,31+/m1/s1. The Kier molecular flexibility index (Phi) is 8.48. The van der Waals surface area contributed by atoms with E-state index in [2.05, 4.69) is 40.7 Å². The highest BCUT2D eigenvalue weighted by atomic mass is 35.5. The molecule has 3 heteroatoms. The zero-order valence-electron chi connectivity index (χ0n) is 22.7. The average molecular weight is 491 g/mol. The summed E-state index contributed by atoms with van der Waals surface area (Å²) in [7, 11) is 0. The third-order valence-corrected chi connectivity index (χ3v) is 11.2. The van der Waals surface area contributed by atoms with Gasteiger partial charge in [-0.15, -0.1) is 11.6 Å². The lowest BCUT2D eigenvalue weighted by Gasteiger charge is -2.58. The first-order valence-corrected chi connectivity index (χ1v) is 15.2. The lowest BCUT2D eigenvalue weighted by molar-refractivity contribution is -0.157. The van der Waals surface area contributed by atoms with E-state index in [-0.39, 0.29) is 12.1 Å². The molecule has 0 aliphatic heterocycles. The van der Waals surface area contributed by atoms with Gasteiger partial charge in [0.25, 0.3) is 0 Å². The van der Waals surface area contributed by atoms with Crippen molar-refractivity contribution in [3.8, 4) is 0 Å². The average Bonchev–Trinajstić information content (AvgIpc) is 3.09. The van der Waals surface area contributed by atoms with E-state index < -0.39 is 0 Å². The predicted molar refractivity (Wildman–Crippen MR) is 143 cm³/mol. The first-order chi connectivity index (χ1) is 16.2. The number of ether oxygens (including phenoxy) is 1. The van der Waals surface area contributed by atoms with Crippen LogP contribution in [0.1, 0.15) is 118 Å². The van der Waals surface area contributed by atoms with Gasteiger partial charge < -0.3 is 4.74 Å². The Morgan fingerprint density at radius 1 is 1.15 bits per heavy atom. The fraction of sp³-hybridized carbons (Fsp3) is 0.903. The third-order valence-electron chi connectivity index (χ3n) is 11.0. The minimum atomic E-state index is -0.0147. The maximum absolute atomic E-state index is 12.8. The van der Waals surface area contributed by atoms with Crippen molar-refractivity contribution in [3.63, 3.8) is 0 Å². The lowest BCUT2D eigenvalue weighted by Crippen LogP contribution is -2.52. The molecule has 0 saturated heterocycles. The fourth-order valence-corrected chi connectivity index (χ4v) is 9.40. The second kappa shape index (κ2) is 10.9. The fourth-order valence-electron chi connectivity index (χ4n) is 9.27. The van der Waals surface area contributed by atoms with Gasteiger partial charge in [-0.2, -0.15) is 0 Å². The van der Waals surface area contributed by atoms with Crippen molar-refractivity contribution in [2.45, 2.75) is 124 Å².